The number of rotatable bonds is 4. The maximum Gasteiger partial charge on any atom is 0.161 e. The second-order valence-electron chi connectivity index (χ2n) is 5.57. The van der Waals surface area contributed by atoms with Crippen molar-refractivity contribution in [3.63, 3.8) is 0 Å². The van der Waals surface area contributed by atoms with Gasteiger partial charge in [-0.1, -0.05) is 36.4 Å². The van der Waals surface area contributed by atoms with Crippen molar-refractivity contribution >= 4 is 17.5 Å². The Kier molecular flexibility index (Phi) is 4.91. The molecule has 2 atom stereocenters. The summed E-state index contributed by atoms with van der Waals surface area (Å²) in [4.78, 5) is 12.6. The molecule has 0 radical (unpaired) electrons. The second-order valence-corrected chi connectivity index (χ2v) is 6.81. The summed E-state index contributed by atoms with van der Waals surface area (Å²) in [6.45, 7) is 0. The van der Waals surface area contributed by atoms with Crippen molar-refractivity contribution in [2.24, 2.45) is 0 Å². The lowest BCUT2D eigenvalue weighted by molar-refractivity contribution is -0.120. The zero-order chi connectivity index (χ0) is 16.2. The number of carbonyl (C=O) groups is 1. The summed E-state index contributed by atoms with van der Waals surface area (Å²) < 4.78 is 10.6. The van der Waals surface area contributed by atoms with Crippen LogP contribution in [0, 0.1) is 0 Å². The third kappa shape index (κ3) is 3.37. The zero-order valence-electron chi connectivity index (χ0n) is 13.3. The Morgan fingerprint density at radius 1 is 0.957 bits per heavy atom. The Morgan fingerprint density at radius 2 is 1.70 bits per heavy atom. The molecule has 3 nitrogen and oxygen atoms in total. The molecule has 23 heavy (non-hydrogen) atoms. The third-order valence-corrected chi connectivity index (χ3v) is 5.59. The molecule has 2 aromatic carbocycles. The molecular weight excluding hydrogens is 308 g/mol. The summed E-state index contributed by atoms with van der Waals surface area (Å²) in [5, 5.41) is 0.264. The first-order valence-electron chi connectivity index (χ1n) is 7.64. The van der Waals surface area contributed by atoms with E-state index in [1.807, 2.05) is 48.2 Å². The van der Waals surface area contributed by atoms with Gasteiger partial charge in [-0.3, -0.25) is 4.79 Å². The molecule has 2 aromatic rings. The number of carbonyl (C=O) groups excluding carboxylic acids is 1. The molecule has 0 saturated carbocycles. The predicted octanol–water partition coefficient (Wildman–Crippen LogP) is 4.23. The molecule has 0 N–H and O–H groups in total. The van der Waals surface area contributed by atoms with E-state index < -0.39 is 0 Å². The van der Waals surface area contributed by atoms with Crippen molar-refractivity contribution in [3.8, 4) is 11.5 Å². The first-order chi connectivity index (χ1) is 11.2. The van der Waals surface area contributed by atoms with Crippen molar-refractivity contribution in [3.05, 3.63) is 59.7 Å². The summed E-state index contributed by atoms with van der Waals surface area (Å²) >= 11 is 1.85. The highest BCUT2D eigenvalue weighted by Crippen LogP contribution is 2.43. The van der Waals surface area contributed by atoms with Gasteiger partial charge >= 0.3 is 0 Å². The number of thioether (sulfide) groups is 1. The smallest absolute Gasteiger partial charge is 0.161 e. The molecule has 1 aliphatic heterocycles. The fraction of sp³-hybridized carbons (Fsp3) is 0.316. The molecule has 0 aromatic heterocycles. The summed E-state index contributed by atoms with van der Waals surface area (Å²) in [5.74, 6) is 2.39. The van der Waals surface area contributed by atoms with Crippen molar-refractivity contribution in [1.29, 1.82) is 0 Å². The van der Waals surface area contributed by atoms with Crippen LogP contribution in [-0.4, -0.2) is 25.8 Å². The number of benzene rings is 2. The highest BCUT2D eigenvalue weighted by molar-refractivity contribution is 7.99. The van der Waals surface area contributed by atoms with Crippen LogP contribution >= 0.6 is 11.8 Å². The van der Waals surface area contributed by atoms with Gasteiger partial charge in [-0.15, -0.1) is 0 Å². The highest BCUT2D eigenvalue weighted by atomic mass is 32.2. The number of ether oxygens (including phenoxy) is 2. The summed E-state index contributed by atoms with van der Waals surface area (Å²) in [6, 6.07) is 16.0. The SMILES string of the molecule is COc1ccc(C2CSC(c3ccccc3)CC2=O)cc1OC. The van der Waals surface area contributed by atoms with Gasteiger partial charge < -0.3 is 9.47 Å². The molecule has 1 saturated heterocycles. The molecule has 2 unspecified atom stereocenters. The standard InChI is InChI=1S/C19H20O3S/c1-21-17-9-8-14(10-18(17)22-2)15-12-23-19(11-16(15)20)13-6-4-3-5-7-13/h3-10,15,19H,11-12H2,1-2H3. The maximum atomic E-state index is 12.6. The molecule has 3 rings (SSSR count). The number of methoxy groups -OCH3 is 2. The van der Waals surface area contributed by atoms with Gasteiger partial charge in [-0.05, 0) is 23.3 Å². The van der Waals surface area contributed by atoms with Crippen LogP contribution in [0.5, 0.6) is 11.5 Å². The van der Waals surface area contributed by atoms with Gasteiger partial charge in [0, 0.05) is 17.4 Å². The molecule has 0 amide bonds. The van der Waals surface area contributed by atoms with E-state index in [-0.39, 0.29) is 11.2 Å². The van der Waals surface area contributed by atoms with E-state index in [0.29, 0.717) is 23.7 Å². The molecule has 0 aliphatic carbocycles. The first-order valence-corrected chi connectivity index (χ1v) is 8.69. The number of hydrogen-bond donors (Lipinski definition) is 0. The minimum absolute atomic E-state index is 0.0697. The van der Waals surface area contributed by atoms with Crippen molar-refractivity contribution in [1.82, 2.24) is 0 Å². The second kappa shape index (κ2) is 7.09. The third-order valence-electron chi connectivity index (χ3n) is 4.22. The Bertz CT molecular complexity index is 684. The molecule has 120 valence electrons. The van der Waals surface area contributed by atoms with Crippen molar-refractivity contribution < 1.29 is 14.3 Å². The summed E-state index contributed by atoms with van der Waals surface area (Å²) in [5.41, 5.74) is 2.24. The number of ketones is 1. The molecule has 1 fully saturated rings. The fourth-order valence-corrected chi connectivity index (χ4v) is 4.36. The number of hydrogen-bond acceptors (Lipinski definition) is 4. The topological polar surface area (TPSA) is 35.5 Å². The van der Waals surface area contributed by atoms with Crippen LogP contribution in [0.25, 0.3) is 0 Å². The van der Waals surface area contributed by atoms with E-state index in [9.17, 15) is 4.79 Å². The fourth-order valence-electron chi connectivity index (χ4n) is 2.92. The summed E-state index contributed by atoms with van der Waals surface area (Å²) in [7, 11) is 3.23. The zero-order valence-corrected chi connectivity index (χ0v) is 14.1. The Hall–Kier alpha value is -1.94. The highest BCUT2D eigenvalue weighted by Gasteiger charge is 2.31. The lowest BCUT2D eigenvalue weighted by atomic mass is 9.91. The van der Waals surface area contributed by atoms with Crippen LogP contribution in [0.3, 0.4) is 0 Å². The van der Waals surface area contributed by atoms with Crippen LogP contribution in [-0.2, 0) is 4.79 Å². The maximum absolute atomic E-state index is 12.6. The van der Waals surface area contributed by atoms with E-state index in [1.165, 1.54) is 5.56 Å². The van der Waals surface area contributed by atoms with Crippen molar-refractivity contribution in [2.75, 3.05) is 20.0 Å². The normalized spacial score (nSPS) is 21.0. The lowest BCUT2D eigenvalue weighted by Gasteiger charge is -2.28. The largest absolute Gasteiger partial charge is 0.493 e. The van der Waals surface area contributed by atoms with Gasteiger partial charge in [-0.2, -0.15) is 11.8 Å². The van der Waals surface area contributed by atoms with Crippen molar-refractivity contribution in [2.45, 2.75) is 17.6 Å². The average molecular weight is 328 g/mol. The molecular formula is C19H20O3S. The van der Waals surface area contributed by atoms with E-state index in [0.717, 1.165) is 11.3 Å². The average Bonchev–Trinajstić information content (AvgIpc) is 2.61. The van der Waals surface area contributed by atoms with Gasteiger partial charge in [0.05, 0.1) is 20.1 Å². The van der Waals surface area contributed by atoms with Gasteiger partial charge in [0.25, 0.3) is 0 Å². The molecule has 1 heterocycles. The van der Waals surface area contributed by atoms with Crippen LogP contribution in [0.1, 0.15) is 28.7 Å². The minimum Gasteiger partial charge on any atom is -0.493 e. The van der Waals surface area contributed by atoms with Crippen LogP contribution in [0.2, 0.25) is 0 Å². The van der Waals surface area contributed by atoms with Gasteiger partial charge in [0.1, 0.15) is 5.78 Å². The van der Waals surface area contributed by atoms with E-state index >= 15 is 0 Å². The van der Waals surface area contributed by atoms with E-state index in [2.05, 4.69) is 12.1 Å². The predicted molar refractivity (Wildman–Crippen MR) is 93.6 cm³/mol. The van der Waals surface area contributed by atoms with Crippen LogP contribution in [0.4, 0.5) is 0 Å². The van der Waals surface area contributed by atoms with E-state index in [4.69, 9.17) is 9.47 Å². The minimum atomic E-state index is -0.0697. The Balaban J connectivity index is 1.77. The number of Topliss-reactive ketones (excluding diaryl/α,β-unsaturated/α-hetero) is 1. The molecule has 4 heteroatoms. The van der Waals surface area contributed by atoms with Gasteiger partial charge in [-0.25, -0.2) is 0 Å². The Morgan fingerprint density at radius 3 is 2.35 bits per heavy atom. The van der Waals surface area contributed by atoms with Gasteiger partial charge in [0.15, 0.2) is 11.5 Å². The molecule has 0 bridgehead atoms. The monoisotopic (exact) mass is 328 g/mol. The summed E-state index contributed by atoms with van der Waals surface area (Å²) in [6.07, 6.45) is 0.577. The van der Waals surface area contributed by atoms with Gasteiger partial charge in [0.2, 0.25) is 0 Å². The van der Waals surface area contributed by atoms with Crippen LogP contribution < -0.4 is 9.47 Å². The molecule has 0 spiro atoms. The van der Waals surface area contributed by atoms with E-state index in [1.54, 1.807) is 14.2 Å². The lowest BCUT2D eigenvalue weighted by Crippen LogP contribution is -2.22. The Labute approximate surface area is 141 Å². The molecule has 1 aliphatic rings. The van der Waals surface area contributed by atoms with Crippen LogP contribution in [0.15, 0.2) is 48.5 Å². The first kappa shape index (κ1) is 15.9. The quantitative estimate of drug-likeness (QED) is 0.841.